The first-order chi connectivity index (χ1) is 27.2. The highest BCUT2D eigenvalue weighted by Gasteiger charge is 2.64. The smallest absolute Gasteiger partial charge is 0.409 e. The van der Waals surface area contributed by atoms with Crippen LogP contribution in [0.5, 0.6) is 5.75 Å². The van der Waals surface area contributed by atoms with Crippen molar-refractivity contribution in [1.82, 2.24) is 10.2 Å². The number of carbonyl (C=O) groups is 4. The second-order valence-corrected chi connectivity index (χ2v) is 18.9. The number of fused-ring (bicyclic) bond motifs is 5. The molecule has 3 aliphatic heterocycles. The van der Waals surface area contributed by atoms with E-state index in [1.165, 1.54) is 24.0 Å². The van der Waals surface area contributed by atoms with E-state index in [-0.39, 0.29) is 29.0 Å². The Morgan fingerprint density at radius 1 is 1.22 bits per heavy atom. The number of aliphatic hydroxyl groups is 2. The molecule has 1 aromatic carbocycles. The van der Waals surface area contributed by atoms with Crippen molar-refractivity contribution in [2.45, 2.75) is 126 Å². The Morgan fingerprint density at radius 3 is 2.59 bits per heavy atom. The molecule has 18 heteroatoms. The van der Waals surface area contributed by atoms with Gasteiger partial charge in [0.2, 0.25) is 11.8 Å². The van der Waals surface area contributed by atoms with Crippen LogP contribution < -0.4 is 20.7 Å². The van der Waals surface area contributed by atoms with Crippen LogP contribution in [0.1, 0.15) is 72.3 Å². The molecule has 0 saturated carbocycles. The first-order valence-electron chi connectivity index (χ1n) is 19.3. The predicted octanol–water partition coefficient (Wildman–Crippen LogP) is 4.73. The molecule has 324 valence electrons. The van der Waals surface area contributed by atoms with Gasteiger partial charge < -0.3 is 44.5 Å². The van der Waals surface area contributed by atoms with Crippen LogP contribution in [0, 0.1) is 5.92 Å². The molecular formula is C40H59ClN4O11S2. The van der Waals surface area contributed by atoms with E-state index in [0.29, 0.717) is 42.9 Å². The molecule has 5 N–H and O–H groups in total. The van der Waals surface area contributed by atoms with E-state index >= 15 is 0 Å². The summed E-state index contributed by atoms with van der Waals surface area (Å²) in [5.74, 6) is -1.05. The van der Waals surface area contributed by atoms with Crippen molar-refractivity contribution in [3.8, 4) is 5.75 Å². The number of rotatable bonds is 14. The van der Waals surface area contributed by atoms with Crippen LogP contribution in [0.4, 0.5) is 10.5 Å². The van der Waals surface area contributed by atoms with Gasteiger partial charge in [0, 0.05) is 43.9 Å². The fraction of sp³-hybridized carbons (Fsp3) is 0.650. The molecule has 1 aromatic rings. The van der Waals surface area contributed by atoms with Crippen molar-refractivity contribution < 1.29 is 53.1 Å². The molecule has 3 heterocycles. The fourth-order valence-corrected chi connectivity index (χ4v) is 9.91. The average molecular weight is 872 g/mol. The molecule has 2 unspecified atom stereocenters. The number of amides is 3. The Labute approximate surface area is 354 Å². The zero-order chi connectivity index (χ0) is 43.1. The van der Waals surface area contributed by atoms with Gasteiger partial charge in [-0.2, -0.15) is 0 Å². The van der Waals surface area contributed by atoms with Gasteiger partial charge in [-0.25, -0.2) is 4.79 Å². The summed E-state index contributed by atoms with van der Waals surface area (Å²) in [6.45, 7) is 9.07. The van der Waals surface area contributed by atoms with E-state index in [9.17, 15) is 29.4 Å². The Bertz CT molecular complexity index is 1720. The van der Waals surface area contributed by atoms with Crippen molar-refractivity contribution >= 4 is 62.8 Å². The van der Waals surface area contributed by atoms with Gasteiger partial charge in [0.1, 0.15) is 47.0 Å². The number of primary amides is 1. The number of alkyl carbamates (subject to hydrolysis) is 1. The number of halogens is 1. The third-order valence-electron chi connectivity index (χ3n) is 11.1. The van der Waals surface area contributed by atoms with Crippen LogP contribution in [0.3, 0.4) is 0 Å². The number of epoxide rings is 1. The molecule has 58 heavy (non-hydrogen) atoms. The molecule has 3 amide bonds. The number of likely N-dealkylation sites (N-methyl/N-ethyl adjacent to an activating group) is 1. The third kappa shape index (κ3) is 11.8. The lowest BCUT2D eigenvalue weighted by molar-refractivity contribution is -0.162. The Balaban J connectivity index is 1.62. The van der Waals surface area contributed by atoms with Crippen LogP contribution in [-0.4, -0.2) is 126 Å². The van der Waals surface area contributed by atoms with Gasteiger partial charge >= 0.3 is 12.1 Å². The van der Waals surface area contributed by atoms with Gasteiger partial charge in [-0.05, 0) is 64.8 Å². The number of allylic oxidation sites excluding steroid dienone is 3. The first kappa shape index (κ1) is 47.6. The molecule has 0 aromatic heterocycles. The topological polar surface area (TPSA) is 203 Å². The predicted molar refractivity (Wildman–Crippen MR) is 225 cm³/mol. The highest BCUT2D eigenvalue weighted by atomic mass is 35.5. The lowest BCUT2D eigenvalue weighted by Gasteiger charge is -2.42. The molecule has 4 bridgehead atoms. The Kier molecular flexibility index (Phi) is 16.8. The van der Waals surface area contributed by atoms with Crippen LogP contribution in [0.15, 0.2) is 35.9 Å². The maximum absolute atomic E-state index is 14.2. The molecule has 15 nitrogen and oxygen atoms in total. The van der Waals surface area contributed by atoms with Gasteiger partial charge in [0.05, 0.1) is 25.3 Å². The van der Waals surface area contributed by atoms with Crippen molar-refractivity contribution in [1.29, 1.82) is 0 Å². The Hall–Kier alpha value is -3.03. The van der Waals surface area contributed by atoms with Gasteiger partial charge in [0.15, 0.2) is 5.72 Å². The average Bonchev–Trinajstić information content (AvgIpc) is 3.87. The standard InChI is InChI=1S/C40H59ClN4O11S2/c1-22-11-10-12-30(53-9)40(51)21-29(54-38(50)43-40)24(3)36-39(5,56-36)31(20-34(48)45(7)27-18-26(17-22)19-28(52-8)35(27)41)55-37(49)25(4)44(6)33(47)15-16-57-58-23(2)13-14-32(42)46/h10-12,18-19,23-25,29-31,33,36,47,51H,13-17,20-21H2,1-9H3,(H2,42,46)(H,43,50)/b12-10+,22-11+/t23?,24-,25+,29+,30-,31+,33?,36+,39-,40+/m1/s1. The lowest BCUT2D eigenvalue weighted by Crippen LogP contribution is -2.63. The highest BCUT2D eigenvalue weighted by Crippen LogP contribution is 2.49. The summed E-state index contributed by atoms with van der Waals surface area (Å²) in [5.41, 5.74) is 4.32. The van der Waals surface area contributed by atoms with Gasteiger partial charge in [0.25, 0.3) is 0 Å². The largest absolute Gasteiger partial charge is 0.495 e. The summed E-state index contributed by atoms with van der Waals surface area (Å²) in [4.78, 5) is 55.0. The number of nitrogens with two attached hydrogens (primary N) is 1. The van der Waals surface area contributed by atoms with Crippen molar-refractivity contribution in [3.05, 3.63) is 46.5 Å². The number of nitrogens with zero attached hydrogens (tertiary/aromatic N) is 2. The number of benzene rings is 1. The van der Waals surface area contributed by atoms with Crippen LogP contribution >= 0.6 is 33.2 Å². The molecule has 10 atom stereocenters. The molecule has 2 fully saturated rings. The van der Waals surface area contributed by atoms with E-state index in [0.717, 1.165) is 11.1 Å². The van der Waals surface area contributed by atoms with E-state index in [1.54, 1.807) is 80.7 Å². The molecule has 0 spiro atoms. The molecule has 0 aliphatic carbocycles. The summed E-state index contributed by atoms with van der Waals surface area (Å²) >= 11 is 6.78. The van der Waals surface area contributed by atoms with Gasteiger partial charge in [-0.3, -0.25) is 24.6 Å². The fourth-order valence-electron chi connectivity index (χ4n) is 7.18. The SMILES string of the molecule is COc1cc2cc(c1Cl)N(C)C(=O)C[C@H](OC(=O)[C@H](C)N(C)C(O)CCSSC(C)CCC(N)=O)[C@@]1(C)O[C@H]1[C@H](C)[C@@H]1C[C@@](O)(NC(=O)O1)[C@H](OC)/C=C/C=C(\C)C2. The van der Waals surface area contributed by atoms with Crippen molar-refractivity contribution in [3.63, 3.8) is 0 Å². The Morgan fingerprint density at radius 2 is 1.93 bits per heavy atom. The van der Waals surface area contributed by atoms with Crippen molar-refractivity contribution in [2.75, 3.05) is 39.0 Å². The van der Waals surface area contributed by atoms with E-state index in [2.05, 4.69) is 5.32 Å². The minimum Gasteiger partial charge on any atom is -0.495 e. The quantitative estimate of drug-likeness (QED) is 0.0657. The van der Waals surface area contributed by atoms with Gasteiger partial charge in [-0.15, -0.1) is 0 Å². The second kappa shape index (κ2) is 20.5. The van der Waals surface area contributed by atoms with Crippen molar-refractivity contribution in [2.24, 2.45) is 11.7 Å². The van der Waals surface area contributed by atoms with E-state index in [1.807, 2.05) is 19.9 Å². The second-order valence-electron chi connectivity index (χ2n) is 15.6. The summed E-state index contributed by atoms with van der Waals surface area (Å²) in [7, 11) is 9.28. The number of ether oxygens (including phenoxy) is 5. The maximum atomic E-state index is 14.2. The van der Waals surface area contributed by atoms with Crippen LogP contribution in [0.2, 0.25) is 5.02 Å². The number of carbonyl (C=O) groups excluding carboxylic acids is 4. The normalized spacial score (nSPS) is 30.8. The monoisotopic (exact) mass is 870 g/mol. The molecular weight excluding hydrogens is 812 g/mol. The number of esters is 1. The zero-order valence-corrected chi connectivity index (χ0v) is 37.1. The first-order valence-corrected chi connectivity index (χ1v) is 22.1. The van der Waals surface area contributed by atoms with Crippen LogP contribution in [-0.2, 0) is 39.8 Å². The number of nitrogens with one attached hydrogen (secondary N) is 1. The number of aliphatic hydroxyl groups excluding tert-OH is 1. The summed E-state index contributed by atoms with van der Waals surface area (Å²) < 4.78 is 29.4. The summed E-state index contributed by atoms with van der Waals surface area (Å²) in [6.07, 6.45) is 1.24. The molecule has 2 saturated heterocycles. The van der Waals surface area contributed by atoms with E-state index in [4.69, 9.17) is 41.0 Å². The minimum atomic E-state index is -1.83. The number of anilines is 1. The summed E-state index contributed by atoms with van der Waals surface area (Å²) in [6, 6.07) is 2.67. The summed E-state index contributed by atoms with van der Waals surface area (Å²) in [5, 5.41) is 25.7. The third-order valence-corrected chi connectivity index (χ3v) is 14.5. The minimum absolute atomic E-state index is 0.0551. The number of hydrogen-bond acceptors (Lipinski definition) is 14. The molecule has 4 rings (SSSR count). The van der Waals surface area contributed by atoms with Gasteiger partial charge in [-0.1, -0.05) is 70.8 Å². The number of methoxy groups -OCH3 is 2. The highest BCUT2D eigenvalue weighted by molar-refractivity contribution is 8.76. The lowest BCUT2D eigenvalue weighted by atomic mass is 9.83. The van der Waals surface area contributed by atoms with E-state index < -0.39 is 71.9 Å². The molecule has 0 radical (unpaired) electrons. The zero-order valence-electron chi connectivity index (χ0n) is 34.7. The number of hydrogen-bond donors (Lipinski definition) is 4. The van der Waals surface area contributed by atoms with Crippen LogP contribution in [0.25, 0.3) is 0 Å². The molecule has 3 aliphatic rings. The maximum Gasteiger partial charge on any atom is 0.409 e.